The second kappa shape index (κ2) is 6.56. The van der Waals surface area contributed by atoms with Crippen LogP contribution in [0.15, 0.2) is 23.1 Å². The van der Waals surface area contributed by atoms with Crippen molar-refractivity contribution in [3.05, 3.63) is 40.4 Å². The third-order valence-electron chi connectivity index (χ3n) is 3.72. The lowest BCUT2D eigenvalue weighted by molar-refractivity contribution is 0.193. The molecule has 1 aliphatic rings. The van der Waals surface area contributed by atoms with Gasteiger partial charge in [0.05, 0.1) is 18.2 Å². The molecular weight excluding hydrogens is 340 g/mol. The molecule has 0 aliphatic carbocycles. The summed E-state index contributed by atoms with van der Waals surface area (Å²) < 4.78 is 32.5. The predicted molar refractivity (Wildman–Crippen MR) is 84.8 cm³/mol. The summed E-state index contributed by atoms with van der Waals surface area (Å²) >= 11 is 6.08. The quantitative estimate of drug-likeness (QED) is 0.850. The molecule has 1 aromatic carbocycles. The van der Waals surface area contributed by atoms with Gasteiger partial charge in [0.15, 0.2) is 5.82 Å². The predicted octanol–water partition coefficient (Wildman–Crippen LogP) is 1.75. The first kappa shape index (κ1) is 16.4. The number of ether oxygens (including phenoxy) is 1. The van der Waals surface area contributed by atoms with E-state index in [4.69, 9.17) is 16.3 Å². The first-order chi connectivity index (χ1) is 11.0. The molecule has 1 saturated heterocycles. The first-order valence-corrected chi connectivity index (χ1v) is 9.07. The summed E-state index contributed by atoms with van der Waals surface area (Å²) in [6.45, 7) is 3.08. The Morgan fingerprint density at radius 1 is 1.48 bits per heavy atom. The zero-order chi connectivity index (χ0) is 16.4. The lowest BCUT2D eigenvalue weighted by atomic mass is 10.1. The maximum absolute atomic E-state index is 12.4. The van der Waals surface area contributed by atoms with E-state index in [9.17, 15) is 8.42 Å². The van der Waals surface area contributed by atoms with Gasteiger partial charge in [0.1, 0.15) is 10.7 Å². The number of aryl methyl sites for hydroxylation is 1. The van der Waals surface area contributed by atoms with Crippen molar-refractivity contribution in [1.29, 1.82) is 0 Å². The van der Waals surface area contributed by atoms with Crippen LogP contribution in [0.4, 0.5) is 0 Å². The van der Waals surface area contributed by atoms with Crippen LogP contribution < -0.4 is 4.72 Å². The fourth-order valence-electron chi connectivity index (χ4n) is 2.38. The molecule has 2 heterocycles. The van der Waals surface area contributed by atoms with E-state index in [0.29, 0.717) is 30.4 Å². The van der Waals surface area contributed by atoms with Crippen molar-refractivity contribution in [2.24, 2.45) is 0 Å². The van der Waals surface area contributed by atoms with Gasteiger partial charge in [-0.25, -0.2) is 18.1 Å². The number of aromatic nitrogens is 3. The van der Waals surface area contributed by atoms with E-state index in [1.54, 1.807) is 19.1 Å². The molecule has 0 spiro atoms. The number of aromatic amines is 1. The Balaban J connectivity index is 1.71. The molecule has 0 saturated carbocycles. The zero-order valence-electron chi connectivity index (χ0n) is 12.5. The minimum absolute atomic E-state index is 0.0210. The maximum Gasteiger partial charge on any atom is 0.242 e. The average molecular weight is 357 g/mol. The molecule has 7 nitrogen and oxygen atoms in total. The van der Waals surface area contributed by atoms with Gasteiger partial charge in [-0.2, -0.15) is 5.10 Å². The number of benzene rings is 1. The normalized spacial score (nSPS) is 18.4. The van der Waals surface area contributed by atoms with E-state index in [2.05, 4.69) is 19.9 Å². The van der Waals surface area contributed by atoms with E-state index in [1.807, 2.05) is 0 Å². The largest absolute Gasteiger partial charge is 0.381 e. The summed E-state index contributed by atoms with van der Waals surface area (Å²) in [5.74, 6) is 1.28. The van der Waals surface area contributed by atoms with Crippen LogP contribution in [0, 0.1) is 6.92 Å². The van der Waals surface area contributed by atoms with E-state index in [-0.39, 0.29) is 22.4 Å². The van der Waals surface area contributed by atoms with Gasteiger partial charge in [-0.05, 0) is 25.0 Å². The van der Waals surface area contributed by atoms with Gasteiger partial charge in [0, 0.05) is 12.5 Å². The molecule has 2 aromatic rings. The van der Waals surface area contributed by atoms with Gasteiger partial charge in [-0.3, -0.25) is 5.10 Å². The fourth-order valence-corrected chi connectivity index (χ4v) is 3.95. The molecular formula is C14H17ClN4O3S. The van der Waals surface area contributed by atoms with Crippen molar-refractivity contribution >= 4 is 21.6 Å². The van der Waals surface area contributed by atoms with Gasteiger partial charge in [-0.15, -0.1) is 0 Å². The Bertz CT molecular complexity index is 800. The van der Waals surface area contributed by atoms with Gasteiger partial charge >= 0.3 is 0 Å². The highest BCUT2D eigenvalue weighted by molar-refractivity contribution is 7.89. The van der Waals surface area contributed by atoms with Crippen molar-refractivity contribution < 1.29 is 13.2 Å². The molecule has 0 amide bonds. The number of rotatable bonds is 5. The molecule has 1 aromatic heterocycles. The second-order valence-electron chi connectivity index (χ2n) is 5.41. The van der Waals surface area contributed by atoms with Crippen LogP contribution in [0.25, 0.3) is 0 Å². The molecule has 124 valence electrons. The minimum Gasteiger partial charge on any atom is -0.381 e. The molecule has 23 heavy (non-hydrogen) atoms. The summed E-state index contributed by atoms with van der Waals surface area (Å²) in [6, 6.07) is 4.88. The second-order valence-corrected chi connectivity index (χ2v) is 7.53. The lowest BCUT2D eigenvalue weighted by Gasteiger charge is -2.08. The van der Waals surface area contributed by atoms with Crippen LogP contribution >= 0.6 is 11.6 Å². The molecule has 1 aliphatic heterocycles. The molecule has 2 N–H and O–H groups in total. The summed E-state index contributed by atoms with van der Waals surface area (Å²) in [4.78, 5) is 4.38. The van der Waals surface area contributed by atoms with Crippen LogP contribution in [0.3, 0.4) is 0 Å². The van der Waals surface area contributed by atoms with Gasteiger partial charge in [0.2, 0.25) is 10.0 Å². The summed E-state index contributed by atoms with van der Waals surface area (Å²) in [6.07, 6.45) is 0.877. The van der Waals surface area contributed by atoms with Crippen molar-refractivity contribution in [1.82, 2.24) is 19.9 Å². The van der Waals surface area contributed by atoms with E-state index < -0.39 is 10.0 Å². The number of nitrogens with zero attached hydrogens (tertiary/aromatic N) is 2. The van der Waals surface area contributed by atoms with E-state index in [1.165, 1.54) is 6.07 Å². The van der Waals surface area contributed by atoms with Crippen LogP contribution in [-0.4, -0.2) is 36.8 Å². The van der Waals surface area contributed by atoms with E-state index in [0.717, 1.165) is 6.42 Å². The molecule has 3 rings (SSSR count). The third kappa shape index (κ3) is 3.55. The van der Waals surface area contributed by atoms with Crippen molar-refractivity contribution in [2.45, 2.75) is 30.7 Å². The summed E-state index contributed by atoms with van der Waals surface area (Å²) in [5.41, 5.74) is 0.706. The monoisotopic (exact) mass is 356 g/mol. The topological polar surface area (TPSA) is 97.0 Å². The number of nitrogens with one attached hydrogen (secondary N) is 2. The number of halogens is 1. The Hall–Kier alpha value is -1.48. The van der Waals surface area contributed by atoms with Crippen molar-refractivity contribution in [3.63, 3.8) is 0 Å². The van der Waals surface area contributed by atoms with Crippen LogP contribution in [-0.2, 0) is 21.3 Å². The Morgan fingerprint density at radius 3 is 3.04 bits per heavy atom. The minimum atomic E-state index is -3.72. The maximum atomic E-state index is 12.4. The molecule has 0 bridgehead atoms. The Kier molecular flexibility index (Phi) is 4.67. The number of hydrogen-bond acceptors (Lipinski definition) is 5. The molecule has 0 radical (unpaired) electrons. The average Bonchev–Trinajstić information content (AvgIpc) is 3.18. The van der Waals surface area contributed by atoms with Crippen LogP contribution in [0.2, 0.25) is 5.02 Å². The van der Waals surface area contributed by atoms with Crippen molar-refractivity contribution in [2.75, 3.05) is 13.2 Å². The number of sulfonamides is 1. The first-order valence-electron chi connectivity index (χ1n) is 7.21. The molecule has 9 heteroatoms. The molecule has 1 unspecified atom stereocenters. The standard InChI is InChI=1S/C14H17ClN4O3S/c1-9-3-2-4-11(13(9)15)23(20,21)16-7-12-17-14(19-18-12)10-5-6-22-8-10/h2-4,10,16H,5-8H2,1H3,(H,17,18,19). The Labute approximate surface area is 139 Å². The van der Waals surface area contributed by atoms with Gasteiger partial charge in [0.25, 0.3) is 0 Å². The van der Waals surface area contributed by atoms with Crippen LogP contribution in [0.5, 0.6) is 0 Å². The van der Waals surface area contributed by atoms with E-state index >= 15 is 0 Å². The highest BCUT2D eigenvalue weighted by Crippen LogP contribution is 2.25. The highest BCUT2D eigenvalue weighted by atomic mass is 35.5. The SMILES string of the molecule is Cc1cccc(S(=O)(=O)NCc2nc(C3CCOC3)n[nH]2)c1Cl. The molecule has 1 atom stereocenters. The highest BCUT2D eigenvalue weighted by Gasteiger charge is 2.23. The van der Waals surface area contributed by atoms with Crippen LogP contribution in [0.1, 0.15) is 29.6 Å². The third-order valence-corrected chi connectivity index (χ3v) is 5.78. The number of H-pyrrole nitrogens is 1. The smallest absolute Gasteiger partial charge is 0.242 e. The summed E-state index contributed by atoms with van der Waals surface area (Å²) in [5, 5.41) is 7.11. The summed E-state index contributed by atoms with van der Waals surface area (Å²) in [7, 11) is -3.72. The van der Waals surface area contributed by atoms with Crippen molar-refractivity contribution in [3.8, 4) is 0 Å². The zero-order valence-corrected chi connectivity index (χ0v) is 14.1. The molecule has 1 fully saturated rings. The van der Waals surface area contributed by atoms with Gasteiger partial charge in [-0.1, -0.05) is 23.7 Å². The lowest BCUT2D eigenvalue weighted by Crippen LogP contribution is -2.24. The fraction of sp³-hybridized carbons (Fsp3) is 0.429. The Morgan fingerprint density at radius 2 is 2.30 bits per heavy atom. The van der Waals surface area contributed by atoms with Gasteiger partial charge < -0.3 is 4.74 Å². The number of hydrogen-bond donors (Lipinski definition) is 2.